The van der Waals surface area contributed by atoms with Crippen molar-refractivity contribution < 1.29 is 14.3 Å². The molecule has 0 atom stereocenters. The fourth-order valence-electron chi connectivity index (χ4n) is 3.08. The molecule has 5 nitrogen and oxygen atoms in total. The maximum Gasteiger partial charge on any atom is 0.254 e. The Balaban J connectivity index is 1.62. The molecule has 1 aliphatic heterocycles. The molecule has 2 aromatic rings. The molecule has 1 saturated heterocycles. The van der Waals surface area contributed by atoms with Crippen LogP contribution in [-0.2, 0) is 16.0 Å². The first-order valence-corrected chi connectivity index (χ1v) is 9.27. The van der Waals surface area contributed by atoms with Gasteiger partial charge in [-0.15, -0.1) is 0 Å². The second kappa shape index (κ2) is 8.11. The van der Waals surface area contributed by atoms with E-state index < -0.39 is 0 Å². The molecule has 27 heavy (non-hydrogen) atoms. The van der Waals surface area contributed by atoms with Crippen LogP contribution in [-0.4, -0.2) is 42.0 Å². The molecule has 0 aromatic heterocycles. The number of hydrogen-bond donors (Lipinski definition) is 1. The third-order valence-electron chi connectivity index (χ3n) is 4.58. The monoisotopic (exact) mass is 386 g/mol. The SMILES string of the molecule is CC1(C)COCCN1C(=O)c1ccc(NC(=O)Cc2ccc(Cl)cc2)cc1. The molecule has 1 N–H and O–H groups in total. The molecule has 6 heteroatoms. The normalized spacial score (nSPS) is 16.0. The number of nitrogens with zero attached hydrogens (tertiary/aromatic N) is 1. The lowest BCUT2D eigenvalue weighted by Crippen LogP contribution is -2.55. The molecule has 0 radical (unpaired) electrons. The number of benzene rings is 2. The van der Waals surface area contributed by atoms with E-state index >= 15 is 0 Å². The summed E-state index contributed by atoms with van der Waals surface area (Å²) in [5, 5.41) is 3.49. The average Bonchev–Trinajstić information content (AvgIpc) is 2.63. The van der Waals surface area contributed by atoms with Gasteiger partial charge in [-0.2, -0.15) is 0 Å². The minimum atomic E-state index is -0.333. The van der Waals surface area contributed by atoms with Gasteiger partial charge in [-0.25, -0.2) is 0 Å². The number of anilines is 1. The topological polar surface area (TPSA) is 58.6 Å². The van der Waals surface area contributed by atoms with E-state index in [4.69, 9.17) is 16.3 Å². The van der Waals surface area contributed by atoms with Crippen molar-refractivity contribution in [2.75, 3.05) is 25.1 Å². The van der Waals surface area contributed by atoms with Gasteiger partial charge in [0.2, 0.25) is 5.91 Å². The van der Waals surface area contributed by atoms with Gasteiger partial charge in [0.25, 0.3) is 5.91 Å². The van der Waals surface area contributed by atoms with E-state index in [1.165, 1.54) is 0 Å². The average molecular weight is 387 g/mol. The third-order valence-corrected chi connectivity index (χ3v) is 4.84. The molecule has 0 saturated carbocycles. The van der Waals surface area contributed by atoms with Crippen LogP contribution in [0.4, 0.5) is 5.69 Å². The maximum absolute atomic E-state index is 12.8. The lowest BCUT2D eigenvalue weighted by Gasteiger charge is -2.42. The standard InChI is InChI=1S/C21H23ClN2O3/c1-21(2)14-27-12-11-24(21)20(26)16-5-9-18(10-6-16)23-19(25)13-15-3-7-17(22)8-4-15/h3-10H,11-14H2,1-2H3,(H,23,25). The summed E-state index contributed by atoms with van der Waals surface area (Å²) in [6.07, 6.45) is 0.264. The molecule has 0 bridgehead atoms. The summed E-state index contributed by atoms with van der Waals surface area (Å²) in [5.74, 6) is -0.145. The zero-order valence-corrected chi connectivity index (χ0v) is 16.3. The van der Waals surface area contributed by atoms with Crippen LogP contribution in [0.1, 0.15) is 29.8 Å². The van der Waals surface area contributed by atoms with Crippen molar-refractivity contribution in [2.45, 2.75) is 25.8 Å². The molecule has 0 aliphatic carbocycles. The fraction of sp³-hybridized carbons (Fsp3) is 0.333. The van der Waals surface area contributed by atoms with Gasteiger partial charge in [0.05, 0.1) is 25.2 Å². The van der Waals surface area contributed by atoms with Crippen molar-refractivity contribution >= 4 is 29.1 Å². The van der Waals surface area contributed by atoms with E-state index in [2.05, 4.69) is 5.32 Å². The Morgan fingerprint density at radius 3 is 2.41 bits per heavy atom. The van der Waals surface area contributed by atoms with Gasteiger partial charge in [-0.05, 0) is 55.8 Å². The van der Waals surface area contributed by atoms with Crippen molar-refractivity contribution in [3.05, 3.63) is 64.7 Å². The van der Waals surface area contributed by atoms with Crippen LogP contribution in [0.2, 0.25) is 5.02 Å². The van der Waals surface area contributed by atoms with Gasteiger partial charge in [0.15, 0.2) is 0 Å². The minimum absolute atomic E-state index is 0.0256. The molecular weight excluding hydrogens is 364 g/mol. The Morgan fingerprint density at radius 1 is 1.11 bits per heavy atom. The number of amides is 2. The summed E-state index contributed by atoms with van der Waals surface area (Å²) in [7, 11) is 0. The van der Waals surface area contributed by atoms with Gasteiger partial charge in [-0.1, -0.05) is 23.7 Å². The molecule has 2 amide bonds. The highest BCUT2D eigenvalue weighted by Crippen LogP contribution is 2.22. The van der Waals surface area contributed by atoms with E-state index in [0.717, 1.165) is 5.56 Å². The number of hydrogen-bond acceptors (Lipinski definition) is 3. The number of rotatable bonds is 4. The summed E-state index contributed by atoms with van der Waals surface area (Å²) in [6.45, 7) is 5.64. The Bertz CT molecular complexity index is 816. The van der Waals surface area contributed by atoms with Crippen molar-refractivity contribution in [3.63, 3.8) is 0 Å². The van der Waals surface area contributed by atoms with Crippen molar-refractivity contribution in [3.8, 4) is 0 Å². The number of ether oxygens (including phenoxy) is 1. The lowest BCUT2D eigenvalue weighted by atomic mass is 10.0. The van der Waals surface area contributed by atoms with Crippen LogP contribution in [0.5, 0.6) is 0 Å². The predicted molar refractivity (Wildman–Crippen MR) is 106 cm³/mol. The van der Waals surface area contributed by atoms with Gasteiger partial charge in [0.1, 0.15) is 0 Å². The van der Waals surface area contributed by atoms with E-state index in [1.807, 2.05) is 30.9 Å². The Hall–Kier alpha value is -2.37. The summed E-state index contributed by atoms with van der Waals surface area (Å²) < 4.78 is 5.47. The van der Waals surface area contributed by atoms with E-state index in [9.17, 15) is 9.59 Å². The first kappa shape index (κ1) is 19.4. The summed E-state index contributed by atoms with van der Waals surface area (Å²) >= 11 is 5.85. The number of morpholine rings is 1. The number of nitrogens with one attached hydrogen (secondary N) is 1. The zero-order chi connectivity index (χ0) is 19.4. The molecule has 0 spiro atoms. The van der Waals surface area contributed by atoms with E-state index in [0.29, 0.717) is 36.0 Å². The molecule has 3 rings (SSSR count). The second-order valence-electron chi connectivity index (χ2n) is 7.25. The molecule has 142 valence electrons. The predicted octanol–water partition coefficient (Wildman–Crippen LogP) is 3.77. The van der Waals surface area contributed by atoms with E-state index in [1.54, 1.807) is 36.4 Å². The van der Waals surface area contributed by atoms with Crippen LogP contribution in [0.25, 0.3) is 0 Å². The highest BCUT2D eigenvalue weighted by Gasteiger charge is 2.34. The summed E-state index contributed by atoms with van der Waals surface area (Å²) in [6, 6.07) is 14.2. The summed E-state index contributed by atoms with van der Waals surface area (Å²) in [5.41, 5.74) is 1.81. The summed E-state index contributed by atoms with van der Waals surface area (Å²) in [4.78, 5) is 26.8. The van der Waals surface area contributed by atoms with Crippen LogP contribution in [0.3, 0.4) is 0 Å². The lowest BCUT2D eigenvalue weighted by molar-refractivity contribution is -0.115. The quantitative estimate of drug-likeness (QED) is 0.870. The molecule has 0 unspecified atom stereocenters. The van der Waals surface area contributed by atoms with Crippen molar-refractivity contribution in [1.82, 2.24) is 4.90 Å². The largest absolute Gasteiger partial charge is 0.377 e. The van der Waals surface area contributed by atoms with Gasteiger partial charge < -0.3 is 15.0 Å². The molecule has 1 heterocycles. The van der Waals surface area contributed by atoms with Crippen molar-refractivity contribution in [1.29, 1.82) is 0 Å². The van der Waals surface area contributed by atoms with Crippen molar-refractivity contribution in [2.24, 2.45) is 0 Å². The molecule has 1 fully saturated rings. The number of halogens is 1. The second-order valence-corrected chi connectivity index (χ2v) is 7.69. The van der Waals surface area contributed by atoms with Crippen LogP contribution >= 0.6 is 11.6 Å². The van der Waals surface area contributed by atoms with E-state index in [-0.39, 0.29) is 23.8 Å². The first-order chi connectivity index (χ1) is 12.8. The van der Waals surface area contributed by atoms with Gasteiger partial charge >= 0.3 is 0 Å². The van der Waals surface area contributed by atoms with Gasteiger partial charge in [-0.3, -0.25) is 9.59 Å². The molecule has 2 aromatic carbocycles. The highest BCUT2D eigenvalue weighted by molar-refractivity contribution is 6.30. The maximum atomic E-state index is 12.8. The number of carbonyl (C=O) groups excluding carboxylic acids is 2. The Kier molecular flexibility index (Phi) is 5.82. The third kappa shape index (κ3) is 4.87. The smallest absolute Gasteiger partial charge is 0.254 e. The van der Waals surface area contributed by atoms with Crippen LogP contribution < -0.4 is 5.32 Å². The fourth-order valence-corrected chi connectivity index (χ4v) is 3.21. The number of carbonyl (C=O) groups is 2. The minimum Gasteiger partial charge on any atom is -0.377 e. The molecule has 1 aliphatic rings. The van der Waals surface area contributed by atoms with Gasteiger partial charge in [0, 0.05) is 22.8 Å². The van der Waals surface area contributed by atoms with Crippen LogP contribution in [0, 0.1) is 0 Å². The highest BCUT2D eigenvalue weighted by atomic mass is 35.5. The Morgan fingerprint density at radius 2 is 1.78 bits per heavy atom. The molecular formula is C21H23ClN2O3. The van der Waals surface area contributed by atoms with Crippen LogP contribution in [0.15, 0.2) is 48.5 Å². The first-order valence-electron chi connectivity index (χ1n) is 8.89. The Labute approximate surface area is 164 Å². The zero-order valence-electron chi connectivity index (χ0n) is 15.5.